The van der Waals surface area contributed by atoms with Gasteiger partial charge in [-0.2, -0.15) is 0 Å². The Bertz CT molecular complexity index is 571. The van der Waals surface area contributed by atoms with Crippen LogP contribution in [-0.2, 0) is 9.59 Å². The third kappa shape index (κ3) is 2.07. The van der Waals surface area contributed by atoms with E-state index in [0.29, 0.717) is 18.0 Å². The number of aliphatic carboxylic acids is 1. The molecule has 2 aliphatic rings. The molecule has 6 heteroatoms. The number of carboxylic acid groups (broad SMARTS) is 1. The van der Waals surface area contributed by atoms with Crippen LogP contribution >= 0.6 is 0 Å². The fraction of sp³-hybridized carbons (Fsp3) is 0.429. The zero-order chi connectivity index (χ0) is 14.3. The van der Waals surface area contributed by atoms with Gasteiger partial charge in [-0.3, -0.25) is 9.59 Å². The number of hydrogen-bond acceptors (Lipinski definition) is 4. The second-order valence-corrected chi connectivity index (χ2v) is 5.09. The third-order valence-electron chi connectivity index (χ3n) is 3.91. The van der Waals surface area contributed by atoms with E-state index in [4.69, 9.17) is 9.47 Å². The summed E-state index contributed by atoms with van der Waals surface area (Å²) in [6.07, 6.45) is 0. The number of amides is 1. The molecule has 0 bridgehead atoms. The first-order valence-electron chi connectivity index (χ1n) is 6.44. The zero-order valence-electron chi connectivity index (χ0n) is 11.0. The summed E-state index contributed by atoms with van der Waals surface area (Å²) in [7, 11) is 0. The lowest BCUT2D eigenvalue weighted by Crippen LogP contribution is -2.27. The molecule has 0 saturated carbocycles. The van der Waals surface area contributed by atoms with Crippen molar-refractivity contribution in [1.82, 2.24) is 4.90 Å². The van der Waals surface area contributed by atoms with Crippen LogP contribution in [0.1, 0.15) is 18.4 Å². The van der Waals surface area contributed by atoms with Crippen molar-refractivity contribution in [3.63, 3.8) is 0 Å². The Morgan fingerprint density at radius 1 is 1.25 bits per heavy atom. The van der Waals surface area contributed by atoms with E-state index >= 15 is 0 Å². The number of nitrogens with zero attached hydrogens (tertiary/aromatic N) is 1. The molecule has 20 heavy (non-hydrogen) atoms. The van der Waals surface area contributed by atoms with Gasteiger partial charge in [-0.05, 0) is 17.7 Å². The lowest BCUT2D eigenvalue weighted by molar-refractivity contribution is -0.141. The van der Waals surface area contributed by atoms with Crippen molar-refractivity contribution in [3.05, 3.63) is 23.8 Å². The van der Waals surface area contributed by atoms with Crippen LogP contribution < -0.4 is 9.47 Å². The number of rotatable bonds is 2. The SMILES string of the molecule is CC(=O)N1C[C@H](C(=O)O)[C@@H](c2ccc3c(c2)OCO3)C1. The highest BCUT2D eigenvalue weighted by Crippen LogP contribution is 2.39. The third-order valence-corrected chi connectivity index (χ3v) is 3.91. The van der Waals surface area contributed by atoms with Gasteiger partial charge in [-0.25, -0.2) is 0 Å². The van der Waals surface area contributed by atoms with Crippen molar-refractivity contribution in [2.45, 2.75) is 12.8 Å². The standard InChI is InChI=1S/C14H15NO5/c1-8(16)15-5-10(11(6-15)14(17)18)9-2-3-12-13(4-9)20-7-19-12/h2-4,10-11H,5-7H2,1H3,(H,17,18)/t10-,11+/m1/s1. The molecule has 0 aromatic heterocycles. The second kappa shape index (κ2) is 4.70. The molecular formula is C14H15NO5. The van der Waals surface area contributed by atoms with E-state index in [2.05, 4.69) is 0 Å². The number of carbonyl (C=O) groups excluding carboxylic acids is 1. The Balaban J connectivity index is 1.91. The topological polar surface area (TPSA) is 76.1 Å². The van der Waals surface area contributed by atoms with E-state index in [1.54, 1.807) is 11.0 Å². The van der Waals surface area contributed by atoms with Crippen molar-refractivity contribution < 1.29 is 24.2 Å². The number of hydrogen-bond donors (Lipinski definition) is 1. The van der Waals surface area contributed by atoms with Gasteiger partial charge >= 0.3 is 5.97 Å². The predicted molar refractivity (Wildman–Crippen MR) is 68.7 cm³/mol. The van der Waals surface area contributed by atoms with E-state index in [9.17, 15) is 14.7 Å². The van der Waals surface area contributed by atoms with E-state index in [0.717, 1.165) is 5.56 Å². The average Bonchev–Trinajstić information content (AvgIpc) is 3.04. The van der Waals surface area contributed by atoms with Gasteiger partial charge in [-0.15, -0.1) is 0 Å². The van der Waals surface area contributed by atoms with Gasteiger partial charge in [0.2, 0.25) is 12.7 Å². The molecule has 1 amide bonds. The fourth-order valence-corrected chi connectivity index (χ4v) is 2.79. The number of carboxylic acids is 1. The number of fused-ring (bicyclic) bond motifs is 1. The minimum Gasteiger partial charge on any atom is -0.481 e. The maximum absolute atomic E-state index is 11.5. The highest BCUT2D eigenvalue weighted by Gasteiger charge is 2.40. The van der Waals surface area contributed by atoms with E-state index in [-0.39, 0.29) is 25.2 Å². The molecule has 2 aliphatic heterocycles. The lowest BCUT2D eigenvalue weighted by Gasteiger charge is -2.15. The first-order valence-corrected chi connectivity index (χ1v) is 6.44. The quantitative estimate of drug-likeness (QED) is 0.874. The Labute approximate surface area is 115 Å². The van der Waals surface area contributed by atoms with Gasteiger partial charge in [0, 0.05) is 25.9 Å². The first-order chi connectivity index (χ1) is 9.56. The number of benzene rings is 1. The van der Waals surface area contributed by atoms with Crippen molar-refractivity contribution in [3.8, 4) is 11.5 Å². The molecule has 0 radical (unpaired) electrons. The molecule has 1 aromatic rings. The van der Waals surface area contributed by atoms with Crippen LogP contribution in [0.3, 0.4) is 0 Å². The molecule has 3 rings (SSSR count). The van der Waals surface area contributed by atoms with Crippen molar-refractivity contribution >= 4 is 11.9 Å². The second-order valence-electron chi connectivity index (χ2n) is 5.09. The highest BCUT2D eigenvalue weighted by atomic mass is 16.7. The molecule has 6 nitrogen and oxygen atoms in total. The van der Waals surface area contributed by atoms with Crippen LogP contribution in [0.5, 0.6) is 11.5 Å². The number of likely N-dealkylation sites (tertiary alicyclic amines) is 1. The average molecular weight is 277 g/mol. The normalized spacial score (nSPS) is 23.9. The van der Waals surface area contributed by atoms with Crippen LogP contribution in [0.25, 0.3) is 0 Å². The van der Waals surface area contributed by atoms with Gasteiger partial charge < -0.3 is 19.5 Å². The summed E-state index contributed by atoms with van der Waals surface area (Å²) in [6, 6.07) is 5.44. The summed E-state index contributed by atoms with van der Waals surface area (Å²) < 4.78 is 10.6. The molecule has 0 spiro atoms. The smallest absolute Gasteiger partial charge is 0.308 e. The molecule has 2 atom stereocenters. The van der Waals surface area contributed by atoms with Gasteiger partial charge in [0.05, 0.1) is 5.92 Å². The van der Waals surface area contributed by atoms with Crippen LogP contribution in [-0.4, -0.2) is 41.8 Å². The van der Waals surface area contributed by atoms with Gasteiger partial charge in [0.25, 0.3) is 0 Å². The summed E-state index contributed by atoms with van der Waals surface area (Å²) in [5.74, 6) is -0.476. The van der Waals surface area contributed by atoms with E-state index in [1.165, 1.54) is 6.92 Å². The van der Waals surface area contributed by atoms with Gasteiger partial charge in [0.1, 0.15) is 0 Å². The van der Waals surface area contributed by atoms with Crippen LogP contribution in [0.4, 0.5) is 0 Å². The maximum atomic E-state index is 11.5. The molecule has 1 aromatic carbocycles. The Hall–Kier alpha value is -2.24. The molecule has 1 fully saturated rings. The van der Waals surface area contributed by atoms with Crippen LogP contribution in [0.15, 0.2) is 18.2 Å². The predicted octanol–water partition coefficient (Wildman–Crippen LogP) is 1.06. The molecule has 0 unspecified atom stereocenters. The minimum absolute atomic E-state index is 0.0977. The van der Waals surface area contributed by atoms with Crippen molar-refractivity contribution in [2.24, 2.45) is 5.92 Å². The van der Waals surface area contributed by atoms with Crippen LogP contribution in [0.2, 0.25) is 0 Å². The summed E-state index contributed by atoms with van der Waals surface area (Å²) in [4.78, 5) is 24.4. The first kappa shape index (κ1) is 12.8. The molecular weight excluding hydrogens is 262 g/mol. The molecule has 2 heterocycles. The van der Waals surface area contributed by atoms with Gasteiger partial charge in [-0.1, -0.05) is 6.07 Å². The minimum atomic E-state index is -0.878. The number of ether oxygens (including phenoxy) is 2. The largest absolute Gasteiger partial charge is 0.481 e. The fourth-order valence-electron chi connectivity index (χ4n) is 2.79. The highest BCUT2D eigenvalue weighted by molar-refractivity contribution is 5.78. The van der Waals surface area contributed by atoms with E-state index in [1.807, 2.05) is 12.1 Å². The molecule has 1 N–H and O–H groups in total. The molecule has 1 saturated heterocycles. The summed E-state index contributed by atoms with van der Waals surface area (Å²) in [5, 5.41) is 9.34. The van der Waals surface area contributed by atoms with Gasteiger partial charge in [0.15, 0.2) is 11.5 Å². The van der Waals surface area contributed by atoms with E-state index < -0.39 is 11.9 Å². The summed E-state index contributed by atoms with van der Waals surface area (Å²) in [5.41, 5.74) is 0.866. The number of carbonyl (C=O) groups is 2. The Kier molecular flexibility index (Phi) is 3.00. The summed E-state index contributed by atoms with van der Waals surface area (Å²) >= 11 is 0. The van der Waals surface area contributed by atoms with Crippen molar-refractivity contribution in [1.29, 1.82) is 0 Å². The molecule has 106 valence electrons. The zero-order valence-corrected chi connectivity index (χ0v) is 11.0. The lowest BCUT2D eigenvalue weighted by atomic mass is 9.89. The summed E-state index contributed by atoms with van der Waals surface area (Å²) in [6.45, 7) is 2.32. The Morgan fingerprint density at radius 2 is 2.00 bits per heavy atom. The maximum Gasteiger partial charge on any atom is 0.308 e. The molecule has 0 aliphatic carbocycles. The Morgan fingerprint density at radius 3 is 2.70 bits per heavy atom. The monoisotopic (exact) mass is 277 g/mol. The van der Waals surface area contributed by atoms with Crippen molar-refractivity contribution in [2.75, 3.05) is 19.9 Å². The van der Waals surface area contributed by atoms with Crippen LogP contribution in [0, 0.1) is 5.92 Å².